The molecule has 36 heavy (non-hydrogen) atoms. The van der Waals surface area contributed by atoms with Crippen LogP contribution in [0.1, 0.15) is 42.8 Å². The van der Waals surface area contributed by atoms with Gasteiger partial charge in [-0.05, 0) is 54.3 Å². The average Bonchev–Trinajstić information content (AvgIpc) is 3.61. The summed E-state index contributed by atoms with van der Waals surface area (Å²) in [4.78, 5) is 20.4. The van der Waals surface area contributed by atoms with Crippen LogP contribution in [0.2, 0.25) is 0 Å². The van der Waals surface area contributed by atoms with Crippen molar-refractivity contribution in [3.05, 3.63) is 60.3 Å². The molecule has 1 fully saturated rings. The summed E-state index contributed by atoms with van der Waals surface area (Å²) in [5, 5.41) is 23.6. The molecule has 13 heteroatoms. The second-order valence-electron chi connectivity index (χ2n) is 8.72. The maximum absolute atomic E-state index is 4.58. The molecule has 182 valence electrons. The van der Waals surface area contributed by atoms with Crippen molar-refractivity contribution < 1.29 is 0 Å². The molecule has 0 spiro atoms. The van der Waals surface area contributed by atoms with Gasteiger partial charge in [-0.2, -0.15) is 4.68 Å². The predicted octanol–water partition coefficient (Wildman–Crippen LogP) is 2.28. The Hall–Kier alpha value is -4.55. The minimum atomic E-state index is 0.292. The molecule has 0 radical (unpaired) electrons. The van der Waals surface area contributed by atoms with Crippen molar-refractivity contribution >= 4 is 23.1 Å². The third-order valence-corrected chi connectivity index (χ3v) is 6.50. The van der Waals surface area contributed by atoms with Crippen LogP contribution < -0.4 is 10.2 Å². The molecular formula is C23H25N13. The largest absolute Gasteiger partial charge is 0.341 e. The van der Waals surface area contributed by atoms with E-state index in [1.807, 2.05) is 42.0 Å². The summed E-state index contributed by atoms with van der Waals surface area (Å²) < 4.78 is 3.54. The monoisotopic (exact) mass is 483 g/mol. The molecule has 0 atom stereocenters. The van der Waals surface area contributed by atoms with E-state index >= 15 is 0 Å². The van der Waals surface area contributed by atoms with Crippen LogP contribution in [-0.2, 0) is 6.42 Å². The van der Waals surface area contributed by atoms with Crippen LogP contribution in [0.4, 0.5) is 17.5 Å². The van der Waals surface area contributed by atoms with Gasteiger partial charge in [0, 0.05) is 43.8 Å². The maximum atomic E-state index is 4.58. The van der Waals surface area contributed by atoms with E-state index in [4.69, 9.17) is 0 Å². The highest BCUT2D eigenvalue weighted by Gasteiger charge is 2.26. The first kappa shape index (κ1) is 21.9. The summed E-state index contributed by atoms with van der Waals surface area (Å²) >= 11 is 0. The van der Waals surface area contributed by atoms with E-state index in [0.717, 1.165) is 61.1 Å². The molecule has 1 N–H and O–H groups in total. The van der Waals surface area contributed by atoms with Gasteiger partial charge in [0.15, 0.2) is 11.6 Å². The minimum absolute atomic E-state index is 0.292. The molecule has 1 aliphatic heterocycles. The number of fused-ring (bicyclic) bond motifs is 1. The molecule has 13 nitrogen and oxygen atoms in total. The summed E-state index contributed by atoms with van der Waals surface area (Å²) in [6, 6.07) is 3.76. The third-order valence-electron chi connectivity index (χ3n) is 6.50. The van der Waals surface area contributed by atoms with E-state index < -0.39 is 0 Å². The Morgan fingerprint density at radius 1 is 1.06 bits per heavy atom. The Bertz CT molecular complexity index is 1470. The summed E-state index contributed by atoms with van der Waals surface area (Å²) in [5.74, 6) is 3.29. The fourth-order valence-electron chi connectivity index (χ4n) is 4.44. The van der Waals surface area contributed by atoms with Gasteiger partial charge in [-0.1, -0.05) is 6.92 Å². The molecule has 0 amide bonds. The fourth-order valence-corrected chi connectivity index (χ4v) is 4.44. The molecule has 1 saturated heterocycles. The molecule has 0 saturated carbocycles. The van der Waals surface area contributed by atoms with E-state index in [1.54, 1.807) is 6.20 Å². The van der Waals surface area contributed by atoms with E-state index in [2.05, 4.69) is 62.8 Å². The highest BCUT2D eigenvalue weighted by molar-refractivity contribution is 5.70. The van der Waals surface area contributed by atoms with Gasteiger partial charge < -0.3 is 10.2 Å². The molecule has 5 aromatic heterocycles. The first-order valence-corrected chi connectivity index (χ1v) is 11.9. The van der Waals surface area contributed by atoms with Gasteiger partial charge in [0.2, 0.25) is 11.6 Å². The van der Waals surface area contributed by atoms with Crippen molar-refractivity contribution in [3.63, 3.8) is 0 Å². The Labute approximate surface area is 206 Å². The zero-order valence-corrected chi connectivity index (χ0v) is 20.0. The lowest BCUT2D eigenvalue weighted by atomic mass is 9.96. The second-order valence-corrected chi connectivity index (χ2v) is 8.72. The summed E-state index contributed by atoms with van der Waals surface area (Å²) in [5.41, 5.74) is 3.43. The quantitative estimate of drug-likeness (QED) is 0.380. The van der Waals surface area contributed by atoms with Crippen LogP contribution in [0.5, 0.6) is 0 Å². The zero-order chi connectivity index (χ0) is 24.5. The Morgan fingerprint density at radius 3 is 2.61 bits per heavy atom. The van der Waals surface area contributed by atoms with Gasteiger partial charge >= 0.3 is 0 Å². The van der Waals surface area contributed by atoms with E-state index in [9.17, 15) is 0 Å². The van der Waals surface area contributed by atoms with Gasteiger partial charge in [-0.25, -0.2) is 19.9 Å². The highest BCUT2D eigenvalue weighted by atomic mass is 15.5. The summed E-state index contributed by atoms with van der Waals surface area (Å²) in [7, 11) is 0. The topological polar surface area (TPSA) is 141 Å². The van der Waals surface area contributed by atoms with Crippen molar-refractivity contribution in [1.82, 2.24) is 54.7 Å². The minimum Gasteiger partial charge on any atom is -0.341 e. The molecule has 1 aliphatic rings. The first-order chi connectivity index (χ1) is 17.7. The Kier molecular flexibility index (Phi) is 5.64. The van der Waals surface area contributed by atoms with Crippen molar-refractivity contribution in [3.8, 4) is 5.82 Å². The molecule has 0 aromatic carbocycles. The molecule has 0 bridgehead atoms. The van der Waals surface area contributed by atoms with Gasteiger partial charge in [0.05, 0.1) is 11.4 Å². The lowest BCUT2D eigenvalue weighted by Crippen LogP contribution is -2.34. The number of piperidine rings is 1. The number of nitrogens with one attached hydrogen (secondary N) is 1. The summed E-state index contributed by atoms with van der Waals surface area (Å²) in [6.07, 6.45) is 11.9. The van der Waals surface area contributed by atoms with E-state index in [1.165, 1.54) is 11.0 Å². The lowest BCUT2D eigenvalue weighted by molar-refractivity contribution is 0.477. The molecule has 5 aromatic rings. The SMILES string of the molecule is CCc1cnc(N2CCC(c3nnc4c(Nc5ccc(-n6cnnn6)nc5C)nccn34)CC2)nc1. The highest BCUT2D eigenvalue weighted by Crippen LogP contribution is 2.30. The van der Waals surface area contributed by atoms with Crippen molar-refractivity contribution in [2.24, 2.45) is 0 Å². The third kappa shape index (κ3) is 4.08. The molecule has 0 unspecified atom stereocenters. The number of tetrazole rings is 1. The predicted molar refractivity (Wildman–Crippen MR) is 131 cm³/mol. The van der Waals surface area contributed by atoms with Crippen molar-refractivity contribution in [2.75, 3.05) is 23.3 Å². The van der Waals surface area contributed by atoms with E-state index in [0.29, 0.717) is 23.2 Å². The number of hydrogen-bond donors (Lipinski definition) is 1. The van der Waals surface area contributed by atoms with Crippen LogP contribution in [0, 0.1) is 6.92 Å². The molecule has 6 rings (SSSR count). The fraction of sp³-hybridized carbons (Fsp3) is 0.348. The average molecular weight is 484 g/mol. The Morgan fingerprint density at radius 2 is 1.89 bits per heavy atom. The second kappa shape index (κ2) is 9.24. The normalized spacial score (nSPS) is 14.4. The number of aromatic nitrogens is 11. The van der Waals surface area contributed by atoms with Crippen LogP contribution in [-0.4, -0.2) is 67.8 Å². The smallest absolute Gasteiger partial charge is 0.225 e. The van der Waals surface area contributed by atoms with Crippen molar-refractivity contribution in [2.45, 2.75) is 39.0 Å². The van der Waals surface area contributed by atoms with Crippen LogP contribution in [0.15, 0.2) is 43.2 Å². The van der Waals surface area contributed by atoms with Crippen molar-refractivity contribution in [1.29, 1.82) is 0 Å². The van der Waals surface area contributed by atoms with Gasteiger partial charge in [-0.15, -0.1) is 15.3 Å². The lowest BCUT2D eigenvalue weighted by Gasteiger charge is -2.31. The molecule has 0 aliphatic carbocycles. The van der Waals surface area contributed by atoms with Gasteiger partial charge in [-0.3, -0.25) is 4.40 Å². The maximum Gasteiger partial charge on any atom is 0.225 e. The Balaban J connectivity index is 1.19. The number of aryl methyl sites for hydroxylation is 2. The van der Waals surface area contributed by atoms with E-state index in [-0.39, 0.29) is 0 Å². The van der Waals surface area contributed by atoms with Crippen LogP contribution in [0.25, 0.3) is 11.5 Å². The number of nitrogens with zero attached hydrogens (tertiary/aromatic N) is 12. The number of hydrogen-bond acceptors (Lipinski definition) is 11. The standard InChI is InChI=1S/C23H25N13/c1-3-16-12-25-23(26-13-16)34-9-6-17(7-10-34)21-30-31-22-20(24-8-11-35(21)22)29-18-4-5-19(28-15(18)2)36-14-27-32-33-36/h4-5,8,11-14,17H,3,6-7,9-10H2,1-2H3,(H,24,29). The van der Waals surface area contributed by atoms with Crippen LogP contribution in [0.3, 0.4) is 0 Å². The first-order valence-electron chi connectivity index (χ1n) is 11.9. The number of rotatable bonds is 6. The zero-order valence-electron chi connectivity index (χ0n) is 20.0. The van der Waals surface area contributed by atoms with Gasteiger partial charge in [0.25, 0.3) is 0 Å². The molecular weight excluding hydrogens is 458 g/mol. The van der Waals surface area contributed by atoms with Crippen LogP contribution >= 0.6 is 0 Å². The van der Waals surface area contributed by atoms with Gasteiger partial charge in [0.1, 0.15) is 12.2 Å². The summed E-state index contributed by atoms with van der Waals surface area (Å²) in [6.45, 7) is 5.77. The molecule has 6 heterocycles. The number of pyridine rings is 1. The number of anilines is 3.